The van der Waals surface area contributed by atoms with Gasteiger partial charge in [0.1, 0.15) is 6.63 Å². The van der Waals surface area contributed by atoms with E-state index in [1.165, 1.54) is 0 Å². The van der Waals surface area contributed by atoms with Crippen LogP contribution in [0.3, 0.4) is 0 Å². The van der Waals surface area contributed by atoms with Crippen LogP contribution in [0.5, 0.6) is 0 Å². The average Bonchev–Trinajstić information content (AvgIpc) is 1.90. The fourth-order valence-corrected chi connectivity index (χ4v) is 1.61. The molecule has 0 aliphatic heterocycles. The third kappa shape index (κ3) is 4.03. The second kappa shape index (κ2) is 6.39. The first-order valence-corrected chi connectivity index (χ1v) is 5.62. The van der Waals surface area contributed by atoms with Gasteiger partial charge in [-0.25, -0.2) is 0 Å². The van der Waals surface area contributed by atoms with Crippen LogP contribution in [0.15, 0.2) is 30.3 Å². The summed E-state index contributed by atoms with van der Waals surface area (Å²) in [5.74, 6) is 0. The van der Waals surface area contributed by atoms with E-state index in [9.17, 15) is 0 Å². The number of halogens is 2. The third-order valence-corrected chi connectivity index (χ3v) is 2.81. The molecule has 0 amide bonds. The van der Waals surface area contributed by atoms with Crippen molar-refractivity contribution in [1.82, 2.24) is 0 Å². The fourth-order valence-electron chi connectivity index (χ4n) is 0.541. The molecule has 1 aromatic rings. The second-order valence-corrected chi connectivity index (χ2v) is 5.10. The molecule has 0 aliphatic carbocycles. The van der Waals surface area contributed by atoms with Gasteiger partial charge in [-0.15, -0.1) is 0 Å². The van der Waals surface area contributed by atoms with Gasteiger partial charge in [-0.1, -0.05) is 52.8 Å². The maximum absolute atomic E-state index is 5.63. The molecule has 0 saturated carbocycles. The zero-order valence-electron chi connectivity index (χ0n) is 4.59. The molecule has 0 aromatic heterocycles. The fraction of sp³-hybridized carbons (Fsp3) is 0. The van der Waals surface area contributed by atoms with E-state index in [1.54, 1.807) is 0 Å². The maximum atomic E-state index is 5.63. The Kier molecular flexibility index (Phi) is 7.58. The van der Waals surface area contributed by atoms with Crippen molar-refractivity contribution in [1.29, 1.82) is 0 Å². The van der Waals surface area contributed by atoms with Gasteiger partial charge < -0.3 is 0 Å². The van der Waals surface area contributed by atoms with Crippen molar-refractivity contribution in [2.45, 2.75) is 0 Å². The summed E-state index contributed by atoms with van der Waals surface area (Å²) in [6.07, 6.45) is 0. The number of rotatable bonds is 1. The summed E-state index contributed by atoms with van der Waals surface area (Å²) < 4.78 is 0. The molecule has 0 unspecified atom stereocenters. The molecule has 50 valence electrons. The van der Waals surface area contributed by atoms with Gasteiger partial charge >= 0.3 is 51.4 Å². The van der Waals surface area contributed by atoms with Crippen molar-refractivity contribution in [3.63, 3.8) is 0 Å². The molecule has 0 bridgehead atoms. The minimum absolute atomic E-state index is 0. The van der Waals surface area contributed by atoms with Crippen LogP contribution in [0.4, 0.5) is 0 Å². The van der Waals surface area contributed by atoms with Crippen molar-refractivity contribution in [3.8, 4) is 0 Å². The molecule has 0 radical (unpaired) electrons. The summed E-state index contributed by atoms with van der Waals surface area (Å²) in [5, 5.41) is 1.01. The van der Waals surface area contributed by atoms with Gasteiger partial charge in [0.25, 0.3) is 0 Å². The molecule has 0 nitrogen and oxygen atoms in total. The molecule has 1 aromatic carbocycles. The van der Waals surface area contributed by atoms with Gasteiger partial charge in [-0.05, 0) is 0 Å². The standard InChI is InChI=1S/C6H5Cl2P.K.H/c7-9(8)6-4-2-1-3-5-6;;/h1-5H;;. The molecule has 0 atom stereocenters. The predicted octanol–water partition coefficient (Wildman–Crippen LogP) is 2.45. The van der Waals surface area contributed by atoms with E-state index in [4.69, 9.17) is 22.5 Å². The minimum atomic E-state index is -0.951. The van der Waals surface area contributed by atoms with E-state index >= 15 is 0 Å². The van der Waals surface area contributed by atoms with E-state index in [-0.39, 0.29) is 51.4 Å². The first-order valence-electron chi connectivity index (χ1n) is 2.47. The summed E-state index contributed by atoms with van der Waals surface area (Å²) in [4.78, 5) is 0. The SMILES string of the molecule is ClP(Cl)c1ccccc1.[KH]. The van der Waals surface area contributed by atoms with E-state index in [0.717, 1.165) is 5.30 Å². The van der Waals surface area contributed by atoms with Crippen molar-refractivity contribution in [3.05, 3.63) is 30.3 Å². The van der Waals surface area contributed by atoms with Crippen LogP contribution in [0.25, 0.3) is 0 Å². The first-order chi connectivity index (χ1) is 4.30. The van der Waals surface area contributed by atoms with Crippen molar-refractivity contribution < 1.29 is 0 Å². The normalized spacial score (nSPS) is 9.10. The van der Waals surface area contributed by atoms with Crippen LogP contribution in [-0.2, 0) is 0 Å². The second-order valence-electron chi connectivity index (χ2n) is 1.57. The Morgan fingerprint density at radius 1 is 1.00 bits per heavy atom. The van der Waals surface area contributed by atoms with Crippen LogP contribution >= 0.6 is 29.1 Å². The van der Waals surface area contributed by atoms with E-state index in [0.29, 0.717) is 0 Å². The molecule has 0 fully saturated rings. The van der Waals surface area contributed by atoms with Gasteiger partial charge in [0, 0.05) is 5.30 Å². The van der Waals surface area contributed by atoms with Gasteiger partial charge in [-0.3, -0.25) is 0 Å². The first kappa shape index (κ1) is 11.9. The Morgan fingerprint density at radius 3 is 1.80 bits per heavy atom. The van der Waals surface area contributed by atoms with Gasteiger partial charge in [0.15, 0.2) is 0 Å². The molecule has 0 aliphatic rings. The van der Waals surface area contributed by atoms with Crippen LogP contribution < -0.4 is 5.30 Å². The van der Waals surface area contributed by atoms with Crippen molar-refractivity contribution >= 4 is 85.8 Å². The summed E-state index contributed by atoms with van der Waals surface area (Å²) >= 11 is 11.3. The zero-order chi connectivity index (χ0) is 6.69. The molecular weight excluding hydrogens is 213 g/mol. The van der Waals surface area contributed by atoms with Gasteiger partial charge in [0.05, 0.1) is 0 Å². The Bertz CT molecular complexity index is 178. The average molecular weight is 219 g/mol. The number of hydrogen-bond donors (Lipinski definition) is 0. The molecule has 4 heteroatoms. The molecular formula is C6H6Cl2KP. The molecule has 10 heavy (non-hydrogen) atoms. The van der Waals surface area contributed by atoms with E-state index in [2.05, 4.69) is 0 Å². The summed E-state index contributed by atoms with van der Waals surface area (Å²) in [6.45, 7) is -0.951. The zero-order valence-corrected chi connectivity index (χ0v) is 7.00. The summed E-state index contributed by atoms with van der Waals surface area (Å²) in [5.41, 5.74) is 0. The number of benzene rings is 1. The van der Waals surface area contributed by atoms with Crippen LogP contribution in [0.1, 0.15) is 0 Å². The molecule has 0 saturated heterocycles. The van der Waals surface area contributed by atoms with Gasteiger partial charge in [-0.2, -0.15) is 0 Å². The monoisotopic (exact) mass is 218 g/mol. The van der Waals surface area contributed by atoms with Gasteiger partial charge in [0.2, 0.25) is 0 Å². The van der Waals surface area contributed by atoms with E-state index in [1.807, 2.05) is 30.3 Å². The quantitative estimate of drug-likeness (QED) is 0.502. The Morgan fingerprint density at radius 2 is 1.50 bits per heavy atom. The molecule has 0 spiro atoms. The van der Waals surface area contributed by atoms with Crippen molar-refractivity contribution in [2.24, 2.45) is 0 Å². The predicted molar refractivity (Wildman–Crippen MR) is 51.9 cm³/mol. The summed E-state index contributed by atoms with van der Waals surface area (Å²) in [7, 11) is 0. The number of hydrogen-bond acceptors (Lipinski definition) is 0. The Hall–Kier alpha value is 1.87. The molecule has 1 rings (SSSR count). The Labute approximate surface area is 114 Å². The van der Waals surface area contributed by atoms with Crippen LogP contribution in [0, 0.1) is 0 Å². The van der Waals surface area contributed by atoms with Crippen LogP contribution in [-0.4, -0.2) is 51.4 Å². The summed E-state index contributed by atoms with van der Waals surface area (Å²) in [6, 6.07) is 9.64. The van der Waals surface area contributed by atoms with E-state index < -0.39 is 6.63 Å². The Balaban J connectivity index is 0.000000810. The third-order valence-electron chi connectivity index (χ3n) is 0.951. The topological polar surface area (TPSA) is 0 Å². The molecule has 0 N–H and O–H groups in total. The van der Waals surface area contributed by atoms with Crippen LogP contribution in [0.2, 0.25) is 0 Å². The molecule has 0 heterocycles. The van der Waals surface area contributed by atoms with Crippen molar-refractivity contribution in [2.75, 3.05) is 0 Å².